The molecule has 100 valence electrons. The minimum atomic E-state index is -0.209. The molecule has 3 nitrogen and oxygen atoms in total. The van der Waals surface area contributed by atoms with E-state index < -0.39 is 0 Å². The summed E-state index contributed by atoms with van der Waals surface area (Å²) in [6, 6.07) is 6.57. The standard InChI is InChI=1S/C15H17FN2O/c16-13-3-1-11(2-4-13)8-15-17-9-14-7-12(10-19)5-6-18(14)15/h1-4,9,12,19H,5-8,10H2. The molecule has 1 aliphatic heterocycles. The molecule has 0 saturated heterocycles. The molecule has 0 radical (unpaired) electrons. The smallest absolute Gasteiger partial charge is 0.123 e. The maximum absolute atomic E-state index is 12.9. The maximum Gasteiger partial charge on any atom is 0.123 e. The lowest BCUT2D eigenvalue weighted by atomic mass is 9.97. The van der Waals surface area contributed by atoms with Crippen LogP contribution in [0.3, 0.4) is 0 Å². The summed E-state index contributed by atoms with van der Waals surface area (Å²) in [6.45, 7) is 1.16. The van der Waals surface area contributed by atoms with E-state index in [9.17, 15) is 9.50 Å². The van der Waals surface area contributed by atoms with Crippen molar-refractivity contribution in [1.82, 2.24) is 9.55 Å². The molecular weight excluding hydrogens is 243 g/mol. The predicted molar refractivity (Wildman–Crippen MR) is 70.3 cm³/mol. The van der Waals surface area contributed by atoms with Crippen LogP contribution in [0.15, 0.2) is 30.5 Å². The zero-order chi connectivity index (χ0) is 13.2. The van der Waals surface area contributed by atoms with Crippen LogP contribution < -0.4 is 0 Å². The Labute approximate surface area is 111 Å². The van der Waals surface area contributed by atoms with Crippen LogP contribution in [0.4, 0.5) is 4.39 Å². The fraction of sp³-hybridized carbons (Fsp3) is 0.400. The number of halogens is 1. The molecule has 0 saturated carbocycles. The summed E-state index contributed by atoms with van der Waals surface area (Å²) in [4.78, 5) is 4.47. The molecule has 1 N–H and O–H groups in total. The molecule has 1 atom stereocenters. The van der Waals surface area contributed by atoms with Crippen LogP contribution in [-0.2, 0) is 19.4 Å². The Kier molecular flexibility index (Phi) is 3.34. The third kappa shape index (κ3) is 2.54. The number of hydrogen-bond acceptors (Lipinski definition) is 2. The van der Waals surface area contributed by atoms with Crippen LogP contribution in [0.25, 0.3) is 0 Å². The van der Waals surface area contributed by atoms with Gasteiger partial charge in [0, 0.05) is 31.5 Å². The zero-order valence-electron chi connectivity index (χ0n) is 10.7. The van der Waals surface area contributed by atoms with Crippen LogP contribution in [0.2, 0.25) is 0 Å². The first-order valence-electron chi connectivity index (χ1n) is 6.65. The van der Waals surface area contributed by atoms with Gasteiger partial charge in [0.25, 0.3) is 0 Å². The van der Waals surface area contributed by atoms with Gasteiger partial charge in [0.05, 0.1) is 0 Å². The van der Waals surface area contributed by atoms with E-state index >= 15 is 0 Å². The molecule has 1 aromatic carbocycles. The van der Waals surface area contributed by atoms with E-state index in [1.807, 2.05) is 6.20 Å². The van der Waals surface area contributed by atoms with Gasteiger partial charge in [-0.25, -0.2) is 9.37 Å². The third-order valence-electron chi connectivity index (χ3n) is 3.81. The first kappa shape index (κ1) is 12.4. The van der Waals surface area contributed by atoms with Crippen molar-refractivity contribution in [2.45, 2.75) is 25.8 Å². The van der Waals surface area contributed by atoms with E-state index in [1.54, 1.807) is 12.1 Å². The highest BCUT2D eigenvalue weighted by atomic mass is 19.1. The molecule has 0 spiro atoms. The minimum absolute atomic E-state index is 0.209. The van der Waals surface area contributed by atoms with Crippen LogP contribution >= 0.6 is 0 Å². The molecule has 2 heterocycles. The van der Waals surface area contributed by atoms with E-state index in [4.69, 9.17) is 0 Å². The highest BCUT2D eigenvalue weighted by molar-refractivity contribution is 5.22. The lowest BCUT2D eigenvalue weighted by Crippen LogP contribution is -2.22. The summed E-state index contributed by atoms with van der Waals surface area (Å²) in [5.41, 5.74) is 2.27. The lowest BCUT2D eigenvalue weighted by Gasteiger charge is -2.23. The molecule has 0 amide bonds. The van der Waals surface area contributed by atoms with Crippen molar-refractivity contribution in [3.63, 3.8) is 0 Å². The highest BCUT2D eigenvalue weighted by Gasteiger charge is 2.20. The summed E-state index contributed by atoms with van der Waals surface area (Å²) >= 11 is 0. The molecule has 0 aliphatic carbocycles. The Bertz CT molecular complexity index is 562. The average Bonchev–Trinajstić information content (AvgIpc) is 2.83. The van der Waals surface area contributed by atoms with Gasteiger partial charge in [0.15, 0.2) is 0 Å². The molecule has 0 fully saturated rings. The number of hydrogen-bond donors (Lipinski definition) is 1. The van der Waals surface area contributed by atoms with Crippen LogP contribution in [-0.4, -0.2) is 21.3 Å². The van der Waals surface area contributed by atoms with Crippen molar-refractivity contribution in [3.05, 3.63) is 53.4 Å². The minimum Gasteiger partial charge on any atom is -0.396 e. The Balaban J connectivity index is 1.80. The number of nitrogens with zero attached hydrogens (tertiary/aromatic N) is 2. The van der Waals surface area contributed by atoms with Crippen LogP contribution in [0.1, 0.15) is 23.5 Å². The molecule has 3 rings (SSSR count). The van der Waals surface area contributed by atoms with Gasteiger partial charge >= 0.3 is 0 Å². The molecule has 0 bridgehead atoms. The van der Waals surface area contributed by atoms with Gasteiger partial charge in [-0.2, -0.15) is 0 Å². The molecule has 4 heteroatoms. The van der Waals surface area contributed by atoms with Crippen LogP contribution in [0.5, 0.6) is 0 Å². The second-order valence-corrected chi connectivity index (χ2v) is 5.16. The van der Waals surface area contributed by atoms with Gasteiger partial charge in [-0.3, -0.25) is 0 Å². The van der Waals surface area contributed by atoms with Crippen molar-refractivity contribution in [1.29, 1.82) is 0 Å². The van der Waals surface area contributed by atoms with Crippen molar-refractivity contribution >= 4 is 0 Å². The van der Waals surface area contributed by atoms with Crippen molar-refractivity contribution in [3.8, 4) is 0 Å². The number of imidazole rings is 1. The molecule has 1 aromatic heterocycles. The summed E-state index contributed by atoms with van der Waals surface area (Å²) < 4.78 is 15.1. The topological polar surface area (TPSA) is 38.0 Å². The number of benzene rings is 1. The van der Waals surface area contributed by atoms with Gasteiger partial charge in [-0.05, 0) is 36.5 Å². The fourth-order valence-corrected chi connectivity index (χ4v) is 2.68. The first-order chi connectivity index (χ1) is 9.26. The average molecular weight is 260 g/mol. The summed E-state index contributed by atoms with van der Waals surface area (Å²) in [7, 11) is 0. The summed E-state index contributed by atoms with van der Waals surface area (Å²) in [5, 5.41) is 9.22. The maximum atomic E-state index is 12.9. The van der Waals surface area contributed by atoms with E-state index in [1.165, 1.54) is 17.8 Å². The Hall–Kier alpha value is -1.68. The summed E-state index contributed by atoms with van der Waals surface area (Å²) in [5.74, 6) is 1.18. The monoisotopic (exact) mass is 260 g/mol. The lowest BCUT2D eigenvalue weighted by molar-refractivity contribution is 0.200. The number of aromatic nitrogens is 2. The van der Waals surface area contributed by atoms with E-state index in [0.717, 1.165) is 37.2 Å². The Morgan fingerprint density at radius 3 is 2.84 bits per heavy atom. The summed E-state index contributed by atoms with van der Waals surface area (Å²) in [6.07, 6.45) is 4.52. The number of fused-ring (bicyclic) bond motifs is 1. The molecule has 1 unspecified atom stereocenters. The van der Waals surface area contributed by atoms with E-state index in [0.29, 0.717) is 5.92 Å². The highest BCUT2D eigenvalue weighted by Crippen LogP contribution is 2.22. The van der Waals surface area contributed by atoms with Gasteiger partial charge in [-0.15, -0.1) is 0 Å². The number of aliphatic hydroxyl groups excluding tert-OH is 1. The van der Waals surface area contributed by atoms with Gasteiger partial charge < -0.3 is 9.67 Å². The number of aliphatic hydroxyl groups is 1. The zero-order valence-corrected chi connectivity index (χ0v) is 10.7. The van der Waals surface area contributed by atoms with Gasteiger partial charge in [0.2, 0.25) is 0 Å². The van der Waals surface area contributed by atoms with Crippen molar-refractivity contribution in [2.75, 3.05) is 6.61 Å². The van der Waals surface area contributed by atoms with Crippen molar-refractivity contribution in [2.24, 2.45) is 5.92 Å². The SMILES string of the molecule is OCC1CCn2c(cnc2Cc2ccc(F)cc2)C1. The van der Waals surface area contributed by atoms with Gasteiger partial charge in [0.1, 0.15) is 11.6 Å². The molecule has 19 heavy (non-hydrogen) atoms. The predicted octanol–water partition coefficient (Wildman–Crippen LogP) is 2.17. The Morgan fingerprint density at radius 1 is 1.32 bits per heavy atom. The molecular formula is C15H17FN2O. The fourth-order valence-electron chi connectivity index (χ4n) is 2.68. The van der Waals surface area contributed by atoms with Crippen molar-refractivity contribution < 1.29 is 9.50 Å². The first-order valence-corrected chi connectivity index (χ1v) is 6.65. The largest absolute Gasteiger partial charge is 0.396 e. The molecule has 1 aliphatic rings. The quantitative estimate of drug-likeness (QED) is 0.918. The van der Waals surface area contributed by atoms with E-state index in [2.05, 4.69) is 9.55 Å². The normalized spacial score (nSPS) is 18.3. The van der Waals surface area contributed by atoms with Gasteiger partial charge in [-0.1, -0.05) is 12.1 Å². The Morgan fingerprint density at radius 2 is 2.11 bits per heavy atom. The second-order valence-electron chi connectivity index (χ2n) is 5.16. The third-order valence-corrected chi connectivity index (χ3v) is 3.81. The second kappa shape index (κ2) is 5.13. The van der Waals surface area contributed by atoms with E-state index in [-0.39, 0.29) is 12.4 Å². The van der Waals surface area contributed by atoms with Crippen LogP contribution in [0, 0.1) is 11.7 Å². The molecule has 2 aromatic rings. The number of rotatable bonds is 3.